The normalized spacial score (nSPS) is 29.4. The molecule has 1 unspecified atom stereocenters. The molecule has 0 radical (unpaired) electrons. The van der Waals surface area contributed by atoms with E-state index in [1.807, 2.05) is 0 Å². The molecule has 0 aromatic heterocycles. The molecule has 1 heterocycles. The van der Waals surface area contributed by atoms with Crippen molar-refractivity contribution in [3.05, 3.63) is 0 Å². The van der Waals surface area contributed by atoms with Gasteiger partial charge >= 0.3 is 0 Å². The van der Waals surface area contributed by atoms with Crippen LogP contribution < -0.4 is 0 Å². The summed E-state index contributed by atoms with van der Waals surface area (Å²) in [7, 11) is 2.26. The molecule has 0 aromatic rings. The zero-order chi connectivity index (χ0) is 10.4. The fourth-order valence-electron chi connectivity index (χ4n) is 2.27. The molecule has 84 valence electrons. The lowest BCUT2D eigenvalue weighted by Crippen LogP contribution is -2.44. The molecule has 0 amide bonds. The van der Waals surface area contributed by atoms with E-state index in [1.54, 1.807) is 0 Å². The summed E-state index contributed by atoms with van der Waals surface area (Å²) in [4.78, 5) is 2.50. The fraction of sp³-hybridized carbons (Fsp3) is 1.00. The van der Waals surface area contributed by atoms with E-state index in [0.717, 1.165) is 0 Å². The van der Waals surface area contributed by atoms with Gasteiger partial charge in [-0.1, -0.05) is 48.5 Å². The minimum absolute atomic E-state index is 0.332. The van der Waals surface area contributed by atoms with Crippen LogP contribution in [0, 0.1) is 0 Å². The van der Waals surface area contributed by atoms with Crippen LogP contribution in [0.5, 0.6) is 0 Å². The lowest BCUT2D eigenvalue weighted by atomic mass is 9.97. The van der Waals surface area contributed by atoms with Gasteiger partial charge in [-0.25, -0.2) is 0 Å². The van der Waals surface area contributed by atoms with E-state index < -0.39 is 0 Å². The molecule has 1 aliphatic heterocycles. The van der Waals surface area contributed by atoms with Gasteiger partial charge in [-0.2, -0.15) is 0 Å². The van der Waals surface area contributed by atoms with Crippen LogP contribution in [0.3, 0.4) is 0 Å². The topological polar surface area (TPSA) is 3.24 Å². The van der Waals surface area contributed by atoms with Crippen molar-refractivity contribution in [3.8, 4) is 0 Å². The van der Waals surface area contributed by atoms with Gasteiger partial charge in [0.15, 0.2) is 0 Å². The number of likely N-dealkylation sites (tertiary alicyclic amines) is 1. The molecule has 1 saturated heterocycles. The molecule has 2 heteroatoms. The molecule has 0 bridgehead atoms. The SMILES string of the molecule is CCCCCCC1(Br)CCCCN1C. The van der Waals surface area contributed by atoms with E-state index >= 15 is 0 Å². The maximum absolute atomic E-state index is 3.94. The van der Waals surface area contributed by atoms with E-state index in [1.165, 1.54) is 57.9 Å². The van der Waals surface area contributed by atoms with E-state index in [-0.39, 0.29) is 0 Å². The van der Waals surface area contributed by atoms with Crippen molar-refractivity contribution in [2.24, 2.45) is 0 Å². The summed E-state index contributed by atoms with van der Waals surface area (Å²) < 4.78 is 0.332. The van der Waals surface area contributed by atoms with Gasteiger partial charge in [0, 0.05) is 0 Å². The standard InChI is InChI=1S/C12H24BrN/c1-3-4-5-6-9-12(13)10-7-8-11-14(12)2/h3-11H2,1-2H3. The maximum Gasteiger partial charge on any atom is 0.0764 e. The van der Waals surface area contributed by atoms with Crippen molar-refractivity contribution >= 4 is 15.9 Å². The van der Waals surface area contributed by atoms with Crippen LogP contribution in [0.4, 0.5) is 0 Å². The summed E-state index contributed by atoms with van der Waals surface area (Å²) in [5.74, 6) is 0. The average Bonchev–Trinajstić information content (AvgIpc) is 2.18. The Bertz CT molecular complexity index is 160. The van der Waals surface area contributed by atoms with Crippen molar-refractivity contribution < 1.29 is 0 Å². The second-order valence-electron chi connectivity index (χ2n) is 4.61. The summed E-state index contributed by atoms with van der Waals surface area (Å²) in [6, 6.07) is 0. The lowest BCUT2D eigenvalue weighted by molar-refractivity contribution is 0.149. The van der Waals surface area contributed by atoms with E-state index in [9.17, 15) is 0 Å². The monoisotopic (exact) mass is 261 g/mol. The zero-order valence-electron chi connectivity index (χ0n) is 9.69. The third-order valence-electron chi connectivity index (χ3n) is 3.40. The molecular formula is C12H24BrN. The van der Waals surface area contributed by atoms with Gasteiger partial charge in [0.2, 0.25) is 0 Å². The van der Waals surface area contributed by atoms with E-state index in [0.29, 0.717) is 4.45 Å². The van der Waals surface area contributed by atoms with Gasteiger partial charge in [-0.3, -0.25) is 4.90 Å². The molecule has 1 nitrogen and oxygen atoms in total. The van der Waals surface area contributed by atoms with Gasteiger partial charge in [0.25, 0.3) is 0 Å². The van der Waals surface area contributed by atoms with E-state index in [2.05, 4.69) is 34.8 Å². The first-order valence-electron chi connectivity index (χ1n) is 6.09. The summed E-state index contributed by atoms with van der Waals surface area (Å²) in [5, 5.41) is 0. The minimum Gasteiger partial charge on any atom is -0.292 e. The number of nitrogens with zero attached hydrogens (tertiary/aromatic N) is 1. The molecule has 0 saturated carbocycles. The Kier molecular flexibility index (Phi) is 5.47. The van der Waals surface area contributed by atoms with Crippen molar-refractivity contribution in [2.45, 2.75) is 62.7 Å². The van der Waals surface area contributed by atoms with Crippen molar-refractivity contribution in [3.63, 3.8) is 0 Å². The number of piperidine rings is 1. The Morgan fingerprint density at radius 3 is 2.64 bits per heavy atom. The average molecular weight is 262 g/mol. The molecule has 0 N–H and O–H groups in total. The van der Waals surface area contributed by atoms with Gasteiger partial charge in [0.05, 0.1) is 4.45 Å². The van der Waals surface area contributed by atoms with Crippen LogP contribution in [0.15, 0.2) is 0 Å². The van der Waals surface area contributed by atoms with Gasteiger partial charge in [0.1, 0.15) is 0 Å². The fourth-order valence-corrected chi connectivity index (χ4v) is 3.01. The Hall–Kier alpha value is 0.440. The molecule has 1 fully saturated rings. The van der Waals surface area contributed by atoms with Crippen molar-refractivity contribution in [1.82, 2.24) is 4.90 Å². The summed E-state index contributed by atoms with van der Waals surface area (Å²) in [6.07, 6.45) is 10.9. The van der Waals surface area contributed by atoms with Crippen LogP contribution >= 0.6 is 15.9 Å². The third kappa shape index (κ3) is 3.54. The van der Waals surface area contributed by atoms with Crippen LogP contribution in [-0.2, 0) is 0 Å². The van der Waals surface area contributed by atoms with E-state index in [4.69, 9.17) is 0 Å². The highest BCUT2D eigenvalue weighted by Gasteiger charge is 2.32. The predicted octanol–water partition coefficient (Wildman–Crippen LogP) is 4.16. The smallest absolute Gasteiger partial charge is 0.0764 e. The molecule has 0 aromatic carbocycles. The van der Waals surface area contributed by atoms with Crippen LogP contribution in [0.2, 0.25) is 0 Å². The molecule has 14 heavy (non-hydrogen) atoms. The molecule has 0 spiro atoms. The summed E-state index contributed by atoms with van der Waals surface area (Å²) >= 11 is 3.94. The highest BCUT2D eigenvalue weighted by Crippen LogP contribution is 2.37. The Labute approximate surface area is 97.4 Å². The number of halogens is 1. The van der Waals surface area contributed by atoms with Gasteiger partial charge in [-0.05, 0) is 39.3 Å². The Morgan fingerprint density at radius 2 is 2.00 bits per heavy atom. The highest BCUT2D eigenvalue weighted by molar-refractivity contribution is 9.10. The molecular weight excluding hydrogens is 238 g/mol. The molecule has 1 aliphatic rings. The number of hydrogen-bond acceptors (Lipinski definition) is 1. The Balaban J connectivity index is 2.25. The van der Waals surface area contributed by atoms with Gasteiger partial charge in [-0.15, -0.1) is 0 Å². The summed E-state index contributed by atoms with van der Waals surface area (Å²) in [6.45, 7) is 3.54. The van der Waals surface area contributed by atoms with Crippen molar-refractivity contribution in [1.29, 1.82) is 0 Å². The minimum atomic E-state index is 0.332. The summed E-state index contributed by atoms with van der Waals surface area (Å²) in [5.41, 5.74) is 0. The largest absolute Gasteiger partial charge is 0.292 e. The lowest BCUT2D eigenvalue weighted by Gasteiger charge is -2.41. The zero-order valence-corrected chi connectivity index (χ0v) is 11.3. The number of alkyl halides is 1. The number of hydrogen-bond donors (Lipinski definition) is 0. The predicted molar refractivity (Wildman–Crippen MR) is 66.9 cm³/mol. The second kappa shape index (κ2) is 6.12. The third-order valence-corrected chi connectivity index (χ3v) is 4.80. The van der Waals surface area contributed by atoms with Crippen LogP contribution in [0.1, 0.15) is 58.3 Å². The quantitative estimate of drug-likeness (QED) is 0.408. The maximum atomic E-state index is 3.94. The first kappa shape index (κ1) is 12.5. The second-order valence-corrected chi connectivity index (χ2v) is 6.08. The molecule has 0 aliphatic carbocycles. The Morgan fingerprint density at radius 1 is 1.21 bits per heavy atom. The van der Waals surface area contributed by atoms with Crippen LogP contribution in [0.25, 0.3) is 0 Å². The van der Waals surface area contributed by atoms with Gasteiger partial charge < -0.3 is 0 Å². The first-order valence-corrected chi connectivity index (χ1v) is 6.88. The van der Waals surface area contributed by atoms with Crippen LogP contribution in [-0.4, -0.2) is 22.9 Å². The van der Waals surface area contributed by atoms with Crippen molar-refractivity contribution in [2.75, 3.05) is 13.6 Å². The molecule has 1 atom stereocenters. The number of unbranched alkanes of at least 4 members (excludes halogenated alkanes) is 3. The molecule has 1 rings (SSSR count). The first-order chi connectivity index (χ1) is 6.69. The number of rotatable bonds is 5. The highest BCUT2D eigenvalue weighted by atomic mass is 79.9.